The average Bonchev–Trinajstić information content (AvgIpc) is 2.62. The van der Waals surface area contributed by atoms with Gasteiger partial charge in [0.05, 0.1) is 16.1 Å². The number of halogens is 3. The summed E-state index contributed by atoms with van der Waals surface area (Å²) in [5.41, 5.74) is -0.866. The highest BCUT2D eigenvalue weighted by Gasteiger charge is 2.34. The first kappa shape index (κ1) is 19.5. The predicted octanol–water partition coefficient (Wildman–Crippen LogP) is 3.67. The molecule has 0 atom stereocenters. The fourth-order valence-electron chi connectivity index (χ4n) is 2.97. The fraction of sp³-hybridized carbons (Fsp3) is 0.333. The van der Waals surface area contributed by atoms with Crippen LogP contribution in [0.25, 0.3) is 0 Å². The predicted molar refractivity (Wildman–Crippen MR) is 98.2 cm³/mol. The van der Waals surface area contributed by atoms with E-state index in [0.717, 1.165) is 25.2 Å². The Morgan fingerprint density at radius 2 is 1.67 bits per heavy atom. The van der Waals surface area contributed by atoms with Gasteiger partial charge in [-0.2, -0.15) is 13.2 Å². The molecule has 3 rings (SSSR count). The van der Waals surface area contributed by atoms with Gasteiger partial charge >= 0.3 is 6.18 Å². The second-order valence-electron chi connectivity index (χ2n) is 6.35. The van der Waals surface area contributed by atoms with Crippen LogP contribution in [0.5, 0.6) is 0 Å². The lowest BCUT2D eigenvalue weighted by molar-refractivity contribution is -0.137. The van der Waals surface area contributed by atoms with Crippen LogP contribution in [0.3, 0.4) is 0 Å². The van der Waals surface area contributed by atoms with E-state index in [1.165, 1.54) is 18.2 Å². The molecule has 0 bridgehead atoms. The topological polar surface area (TPSA) is 70.2 Å². The van der Waals surface area contributed by atoms with E-state index in [9.17, 15) is 21.6 Å². The van der Waals surface area contributed by atoms with E-state index in [1.54, 1.807) is 18.2 Å². The van der Waals surface area contributed by atoms with Crippen LogP contribution in [0.2, 0.25) is 0 Å². The molecule has 27 heavy (non-hydrogen) atoms. The molecular weight excluding hydrogens is 379 g/mol. The largest absolute Gasteiger partial charge is 0.418 e. The molecule has 1 heterocycles. The lowest BCUT2D eigenvalue weighted by atomic mass is 10.0. The van der Waals surface area contributed by atoms with Gasteiger partial charge in [-0.1, -0.05) is 18.2 Å². The Morgan fingerprint density at radius 1 is 1.00 bits per heavy atom. The fourth-order valence-corrected chi connectivity index (χ4v) is 4.04. The van der Waals surface area contributed by atoms with E-state index >= 15 is 0 Å². The molecule has 1 fully saturated rings. The maximum atomic E-state index is 13.3. The molecule has 1 aliphatic rings. The van der Waals surface area contributed by atoms with Crippen molar-refractivity contribution in [3.05, 3.63) is 54.1 Å². The number of anilines is 2. The van der Waals surface area contributed by atoms with Crippen molar-refractivity contribution >= 4 is 21.4 Å². The minimum atomic E-state index is -4.54. The van der Waals surface area contributed by atoms with Crippen molar-refractivity contribution in [1.29, 1.82) is 0 Å². The van der Waals surface area contributed by atoms with Gasteiger partial charge in [0, 0.05) is 11.7 Å². The number of benzene rings is 2. The Bertz CT molecular complexity index is 880. The van der Waals surface area contributed by atoms with Gasteiger partial charge in [0.15, 0.2) is 0 Å². The third-order valence-electron chi connectivity index (χ3n) is 4.33. The van der Waals surface area contributed by atoms with Crippen LogP contribution in [-0.2, 0) is 16.2 Å². The minimum Gasteiger partial charge on any atom is -0.382 e. The Labute approximate surface area is 156 Å². The van der Waals surface area contributed by atoms with Crippen LogP contribution >= 0.6 is 0 Å². The van der Waals surface area contributed by atoms with Crippen molar-refractivity contribution in [1.82, 2.24) is 5.32 Å². The summed E-state index contributed by atoms with van der Waals surface area (Å²) in [5.74, 6) is 0. The van der Waals surface area contributed by atoms with E-state index < -0.39 is 21.8 Å². The van der Waals surface area contributed by atoms with Gasteiger partial charge in [-0.25, -0.2) is 8.42 Å². The molecule has 9 heteroatoms. The molecule has 0 spiro atoms. The summed E-state index contributed by atoms with van der Waals surface area (Å²) in [5, 5.41) is 6.08. The maximum absolute atomic E-state index is 13.3. The lowest BCUT2D eigenvalue weighted by Crippen LogP contribution is -2.35. The molecule has 1 saturated heterocycles. The van der Waals surface area contributed by atoms with Crippen LogP contribution in [0, 0.1) is 0 Å². The summed E-state index contributed by atoms with van der Waals surface area (Å²) < 4.78 is 67.2. The number of piperidine rings is 1. The first-order chi connectivity index (χ1) is 12.8. The van der Waals surface area contributed by atoms with E-state index in [1.807, 2.05) is 0 Å². The summed E-state index contributed by atoms with van der Waals surface area (Å²) in [6.45, 7) is 1.44. The Morgan fingerprint density at radius 3 is 2.30 bits per heavy atom. The highest BCUT2D eigenvalue weighted by atomic mass is 32.2. The molecule has 0 unspecified atom stereocenters. The quantitative estimate of drug-likeness (QED) is 0.718. The van der Waals surface area contributed by atoms with Crippen molar-refractivity contribution in [2.24, 2.45) is 0 Å². The zero-order valence-electron chi connectivity index (χ0n) is 14.4. The smallest absolute Gasteiger partial charge is 0.382 e. The van der Waals surface area contributed by atoms with Crippen LogP contribution < -0.4 is 15.4 Å². The second kappa shape index (κ2) is 7.77. The molecule has 0 saturated carbocycles. The number of hydrogen-bond donors (Lipinski definition) is 3. The van der Waals surface area contributed by atoms with Gasteiger partial charge < -0.3 is 10.6 Å². The van der Waals surface area contributed by atoms with Crippen LogP contribution in [0.15, 0.2) is 53.4 Å². The summed E-state index contributed by atoms with van der Waals surface area (Å²) in [6, 6.07) is 10.8. The van der Waals surface area contributed by atoms with Crippen molar-refractivity contribution in [3.8, 4) is 0 Å². The molecule has 146 valence electrons. The Hall–Kier alpha value is -2.26. The Kier molecular flexibility index (Phi) is 5.61. The molecule has 2 aromatic rings. The van der Waals surface area contributed by atoms with Crippen molar-refractivity contribution in [2.75, 3.05) is 23.1 Å². The molecule has 1 aliphatic heterocycles. The van der Waals surface area contributed by atoms with Crippen molar-refractivity contribution < 1.29 is 21.6 Å². The zero-order chi connectivity index (χ0) is 19.5. The monoisotopic (exact) mass is 399 g/mol. The molecule has 0 aliphatic carbocycles. The van der Waals surface area contributed by atoms with Gasteiger partial charge in [-0.15, -0.1) is 0 Å². The first-order valence-corrected chi connectivity index (χ1v) is 10.0. The van der Waals surface area contributed by atoms with Crippen molar-refractivity contribution in [2.45, 2.75) is 30.0 Å². The van der Waals surface area contributed by atoms with Gasteiger partial charge in [-0.3, -0.25) is 4.72 Å². The molecule has 0 amide bonds. The summed E-state index contributed by atoms with van der Waals surface area (Å²) in [6.07, 6.45) is -3.15. The average molecular weight is 399 g/mol. The highest BCUT2D eigenvalue weighted by Crippen LogP contribution is 2.37. The number of rotatable bonds is 5. The lowest BCUT2D eigenvalue weighted by Gasteiger charge is -2.26. The van der Waals surface area contributed by atoms with Crippen LogP contribution in [0.1, 0.15) is 18.4 Å². The highest BCUT2D eigenvalue weighted by molar-refractivity contribution is 7.92. The summed E-state index contributed by atoms with van der Waals surface area (Å²) >= 11 is 0. The Balaban J connectivity index is 1.89. The molecule has 5 nitrogen and oxygen atoms in total. The first-order valence-electron chi connectivity index (χ1n) is 8.52. The minimum absolute atomic E-state index is 0.0396. The second-order valence-corrected chi connectivity index (χ2v) is 8.03. The number of alkyl halides is 3. The number of hydrogen-bond acceptors (Lipinski definition) is 4. The SMILES string of the molecule is O=S(=O)(Nc1ccc(C(F)(F)F)c(NC2CCNCC2)c1)c1ccccc1. The van der Waals surface area contributed by atoms with Gasteiger partial charge in [0.25, 0.3) is 10.0 Å². The van der Waals surface area contributed by atoms with E-state index in [0.29, 0.717) is 12.8 Å². The maximum Gasteiger partial charge on any atom is 0.418 e. The summed E-state index contributed by atoms with van der Waals surface area (Å²) in [4.78, 5) is 0.0396. The third kappa shape index (κ3) is 4.92. The normalized spacial score (nSPS) is 16.1. The zero-order valence-corrected chi connectivity index (χ0v) is 15.2. The van der Waals surface area contributed by atoms with Crippen molar-refractivity contribution in [3.63, 3.8) is 0 Å². The molecule has 2 aromatic carbocycles. The number of sulfonamides is 1. The van der Waals surface area contributed by atoms with E-state index in [4.69, 9.17) is 0 Å². The van der Waals surface area contributed by atoms with Gasteiger partial charge in [0.1, 0.15) is 0 Å². The van der Waals surface area contributed by atoms with Gasteiger partial charge in [0.2, 0.25) is 0 Å². The molecular formula is C18H20F3N3O2S. The number of nitrogens with one attached hydrogen (secondary N) is 3. The van der Waals surface area contributed by atoms with E-state index in [2.05, 4.69) is 15.4 Å². The molecule has 0 aromatic heterocycles. The standard InChI is InChI=1S/C18H20F3N3O2S/c19-18(20,21)16-7-6-14(12-17(16)23-13-8-10-22-11-9-13)24-27(25,26)15-4-2-1-3-5-15/h1-7,12-13,22-24H,8-11H2. The summed E-state index contributed by atoms with van der Waals surface area (Å²) in [7, 11) is -3.88. The van der Waals surface area contributed by atoms with Gasteiger partial charge in [-0.05, 0) is 56.3 Å². The molecule has 0 radical (unpaired) electrons. The van der Waals surface area contributed by atoms with E-state index in [-0.39, 0.29) is 22.3 Å². The van der Waals surface area contributed by atoms with Crippen LogP contribution in [-0.4, -0.2) is 27.5 Å². The van der Waals surface area contributed by atoms with Crippen LogP contribution in [0.4, 0.5) is 24.5 Å². The third-order valence-corrected chi connectivity index (χ3v) is 5.73. The molecule has 3 N–H and O–H groups in total.